The fraction of sp³-hybridized carbons (Fsp3) is 0.383. The maximum atomic E-state index is 15.2. The van der Waals surface area contributed by atoms with Crippen molar-refractivity contribution >= 4 is 34.4 Å². The Kier molecular flexibility index (Phi) is 9.56. The summed E-state index contributed by atoms with van der Waals surface area (Å²) in [5.41, 5.74) is 6.19. The van der Waals surface area contributed by atoms with Gasteiger partial charge in [-0.1, -0.05) is 18.1 Å². The number of benzene rings is 3. The van der Waals surface area contributed by atoms with E-state index in [1.807, 2.05) is 17.9 Å². The Bertz CT molecular complexity index is 3350. The lowest BCUT2D eigenvalue weighted by Gasteiger charge is -2.38. The molecule has 3 aromatic carbocycles. The third-order valence-corrected chi connectivity index (χ3v) is 15.7. The van der Waals surface area contributed by atoms with E-state index in [2.05, 4.69) is 49.8 Å². The summed E-state index contributed by atoms with van der Waals surface area (Å²) in [6.07, 6.45) is 6.68. The molecule has 3 aliphatic rings. The fourth-order valence-corrected chi connectivity index (χ4v) is 11.9. The first-order chi connectivity index (χ1) is 31.1. The number of hydrogen-bond acceptors (Lipinski definition) is 10. The van der Waals surface area contributed by atoms with E-state index in [4.69, 9.17) is 14.4 Å². The molecule has 2 aliphatic heterocycles. The molecule has 0 radical (unpaired) electrons. The van der Waals surface area contributed by atoms with Crippen LogP contribution in [-0.2, 0) is 21.3 Å². The van der Waals surface area contributed by atoms with Crippen LogP contribution in [0.25, 0.3) is 39.1 Å². The van der Waals surface area contributed by atoms with Crippen molar-refractivity contribution in [3.05, 3.63) is 134 Å². The second kappa shape index (κ2) is 15.0. The highest BCUT2D eigenvalue weighted by Crippen LogP contribution is 2.57. The molecule has 1 aliphatic carbocycles. The second-order valence-electron chi connectivity index (χ2n) is 18.5. The average Bonchev–Trinajstić information content (AvgIpc) is 3.96. The minimum absolute atomic E-state index is 0.0557. The molecule has 11 rings (SSSR count). The summed E-state index contributed by atoms with van der Waals surface area (Å²) in [4.78, 5) is 39.7. The first kappa shape index (κ1) is 41.6. The van der Waals surface area contributed by atoms with Crippen LogP contribution in [0.4, 0.5) is 4.39 Å². The Hall–Kier alpha value is -6.13. The van der Waals surface area contributed by atoms with Crippen molar-refractivity contribution in [2.75, 3.05) is 33.1 Å². The molecule has 1 saturated carbocycles. The molecule has 5 aromatic heterocycles. The maximum Gasteiger partial charge on any atom is 0.438 e. The van der Waals surface area contributed by atoms with Gasteiger partial charge in [0.1, 0.15) is 30.5 Å². The molecule has 2 fully saturated rings. The van der Waals surface area contributed by atoms with Crippen LogP contribution in [0.2, 0.25) is 0 Å². The van der Waals surface area contributed by atoms with Gasteiger partial charge in [0.2, 0.25) is 0 Å². The Morgan fingerprint density at radius 2 is 1.72 bits per heavy atom. The molecule has 16 nitrogen and oxygen atoms in total. The van der Waals surface area contributed by atoms with Crippen LogP contribution in [0.15, 0.2) is 81.4 Å². The molecule has 18 heteroatoms. The van der Waals surface area contributed by atoms with E-state index in [1.165, 1.54) is 14.7 Å². The zero-order valence-electron chi connectivity index (χ0n) is 37.0. The number of aromatic amines is 2. The van der Waals surface area contributed by atoms with Crippen LogP contribution in [0.5, 0.6) is 0 Å². The number of ether oxygens (including phenoxy) is 1. The van der Waals surface area contributed by atoms with Crippen LogP contribution in [0.3, 0.4) is 0 Å². The summed E-state index contributed by atoms with van der Waals surface area (Å²) in [6, 6.07) is 15.0. The number of nitrogens with zero attached hydrogens (tertiary/aromatic N) is 8. The normalized spacial score (nSPS) is 21.1. The Balaban J connectivity index is 1.06. The molecule has 0 spiro atoms. The van der Waals surface area contributed by atoms with E-state index in [-0.39, 0.29) is 11.7 Å². The monoisotopic (exact) mass is 900 g/mol. The van der Waals surface area contributed by atoms with Gasteiger partial charge in [-0.25, -0.2) is 23.6 Å². The smallest absolute Gasteiger partial charge is 0.381 e. The molecule has 1 unspecified atom stereocenters. The quantitative estimate of drug-likeness (QED) is 0.133. The number of aliphatic hydroxyl groups excluding tert-OH is 1. The van der Waals surface area contributed by atoms with Gasteiger partial charge in [0.25, 0.3) is 0 Å². The SMILES string of the molecule is Cc1cc(-n2nc3c(c2-n2ccn(-c4cc(P(C)(C)=O)c5[nH]cnc5c4)c2=O)[C@H](C)N(C(O)c2cc4cc(C5CCOCC5)ccc4n2[C@@]2(c4noc(=O)[nH]4)C[C@@H]2C)CC3)cc(C)c1F. The molecule has 8 aromatic rings. The predicted molar refractivity (Wildman–Crippen MR) is 243 cm³/mol. The van der Waals surface area contributed by atoms with Crippen molar-refractivity contribution < 1.29 is 23.3 Å². The van der Waals surface area contributed by atoms with E-state index < -0.39 is 36.4 Å². The molecule has 7 heterocycles. The number of H-pyrrole nitrogens is 2. The van der Waals surface area contributed by atoms with Crippen LogP contribution in [0.1, 0.15) is 90.8 Å². The molecular weight excluding hydrogens is 851 g/mol. The molecule has 3 N–H and O–H groups in total. The second-order valence-corrected chi connectivity index (χ2v) is 21.7. The van der Waals surface area contributed by atoms with Gasteiger partial charge in [0.05, 0.1) is 40.1 Å². The zero-order valence-corrected chi connectivity index (χ0v) is 37.9. The topological polar surface area (TPSA) is 187 Å². The number of fused-ring (bicyclic) bond motifs is 3. The van der Waals surface area contributed by atoms with Gasteiger partial charge in [-0.15, -0.1) is 0 Å². The highest BCUT2D eigenvalue weighted by molar-refractivity contribution is 7.70. The number of halogens is 1. The lowest BCUT2D eigenvalue weighted by Crippen LogP contribution is -2.39. The summed E-state index contributed by atoms with van der Waals surface area (Å²) in [5, 5.41) is 23.8. The van der Waals surface area contributed by atoms with Gasteiger partial charge < -0.3 is 24.0 Å². The van der Waals surface area contributed by atoms with Crippen molar-refractivity contribution in [3.63, 3.8) is 0 Å². The summed E-state index contributed by atoms with van der Waals surface area (Å²) >= 11 is 0. The van der Waals surface area contributed by atoms with Gasteiger partial charge in [-0.05, 0) is 124 Å². The Morgan fingerprint density at radius 3 is 2.42 bits per heavy atom. The Labute approximate surface area is 372 Å². The summed E-state index contributed by atoms with van der Waals surface area (Å²) in [5.74, 6) is 0.294. The molecular formula is C47H50FN10O6P. The van der Waals surface area contributed by atoms with E-state index in [0.717, 1.165) is 35.0 Å². The minimum Gasteiger partial charge on any atom is -0.381 e. The largest absolute Gasteiger partial charge is 0.438 e. The number of rotatable bonds is 9. The fourth-order valence-electron chi connectivity index (χ4n) is 10.7. The van der Waals surface area contributed by atoms with Crippen LogP contribution in [0, 0.1) is 25.6 Å². The molecule has 4 atom stereocenters. The van der Waals surface area contributed by atoms with E-state index in [9.17, 15) is 19.3 Å². The lowest BCUT2D eigenvalue weighted by molar-refractivity contribution is -0.0341. The van der Waals surface area contributed by atoms with Gasteiger partial charge in [-0.2, -0.15) is 5.10 Å². The standard InChI is InChI=1S/C47H50FN10O6P/c1-25-17-33(18-26(2)40(25)48)58-42(56-14-13-55(46(56)61)32-21-35-41(50-24-49-35)38(22-32)65(5,6)62)39-28(4)54(12-9-34(39)52-58)43(59)37-20-31-19-30(29-10-15-63-16-11-29)7-8-36(31)57(37)47(23-27(47)3)44-51-45(60)64-53-44/h7-8,13-14,17-22,24,27-29,43,59H,9-12,15-16,23H2,1-6H3,(H,49,50)(H,51,53,60)/t27-,28-,43?,47-/m0/s1. The van der Waals surface area contributed by atoms with E-state index in [0.29, 0.717) is 94.7 Å². The molecule has 0 amide bonds. The van der Waals surface area contributed by atoms with Crippen molar-refractivity contribution in [3.8, 4) is 17.2 Å². The minimum atomic E-state index is -2.81. The molecule has 1 saturated heterocycles. The molecule has 0 bridgehead atoms. The Morgan fingerprint density at radius 1 is 0.985 bits per heavy atom. The first-order valence-electron chi connectivity index (χ1n) is 22.1. The maximum absolute atomic E-state index is 15.2. The highest BCUT2D eigenvalue weighted by Gasteiger charge is 2.59. The number of nitrogens with one attached hydrogen (secondary N) is 2. The van der Waals surface area contributed by atoms with Gasteiger partial charge in [0, 0.05) is 66.4 Å². The number of hydrogen-bond donors (Lipinski definition) is 3. The van der Waals surface area contributed by atoms with Crippen molar-refractivity contribution in [2.24, 2.45) is 5.92 Å². The zero-order chi connectivity index (χ0) is 45.3. The van der Waals surface area contributed by atoms with Crippen molar-refractivity contribution in [1.29, 1.82) is 0 Å². The summed E-state index contributed by atoms with van der Waals surface area (Å²) in [7, 11) is -2.81. The van der Waals surface area contributed by atoms with Gasteiger partial charge >= 0.3 is 11.4 Å². The number of aryl methyl sites for hydroxylation is 2. The van der Waals surface area contributed by atoms with Crippen molar-refractivity contribution in [1.82, 2.24) is 48.5 Å². The van der Waals surface area contributed by atoms with Crippen LogP contribution in [-0.4, -0.2) is 86.7 Å². The van der Waals surface area contributed by atoms with E-state index in [1.54, 1.807) is 74.8 Å². The molecule has 336 valence electrons. The average molecular weight is 901 g/mol. The van der Waals surface area contributed by atoms with E-state index >= 15 is 4.39 Å². The summed E-state index contributed by atoms with van der Waals surface area (Å²) < 4.78 is 46.3. The number of aliphatic hydroxyl groups is 1. The van der Waals surface area contributed by atoms with Gasteiger partial charge in [0.15, 0.2) is 5.82 Å². The van der Waals surface area contributed by atoms with Gasteiger partial charge in [-0.3, -0.25) is 23.5 Å². The third kappa shape index (κ3) is 6.49. The predicted octanol–water partition coefficient (Wildman–Crippen LogP) is 6.61. The van der Waals surface area contributed by atoms with Crippen LogP contribution < -0.4 is 16.8 Å². The number of imidazole rings is 2. The third-order valence-electron chi connectivity index (χ3n) is 14.2. The van der Waals surface area contributed by atoms with Crippen molar-refractivity contribution in [2.45, 2.75) is 77.1 Å². The first-order valence-corrected chi connectivity index (χ1v) is 24.7. The highest BCUT2D eigenvalue weighted by atomic mass is 31.2. The number of aromatic nitrogens is 9. The molecule has 65 heavy (non-hydrogen) atoms. The lowest BCUT2D eigenvalue weighted by atomic mass is 9.91. The van der Waals surface area contributed by atoms with Crippen LogP contribution >= 0.6 is 7.14 Å². The summed E-state index contributed by atoms with van der Waals surface area (Å²) in [6.45, 7) is 12.7.